The molecule has 0 saturated carbocycles. The summed E-state index contributed by atoms with van der Waals surface area (Å²) in [6.45, 7) is 6.17. The highest BCUT2D eigenvalue weighted by Gasteiger charge is 2.06. The Kier molecular flexibility index (Phi) is 4.84. The minimum atomic E-state index is 1.04. The van der Waals surface area contributed by atoms with Gasteiger partial charge in [-0.2, -0.15) is 0 Å². The zero-order chi connectivity index (χ0) is 15.4. The molecule has 1 aromatic heterocycles. The van der Waals surface area contributed by atoms with E-state index in [-0.39, 0.29) is 0 Å². The van der Waals surface area contributed by atoms with Gasteiger partial charge in [0.05, 0.1) is 12.0 Å². The molecular formula is C19H22N2S. The van der Waals surface area contributed by atoms with E-state index >= 15 is 0 Å². The standard InChI is InChI=1S/C19H22N2S/c1-15-6-4-3-5-7-19(12-15)22-18-10-8-17(9-11-18)21-13-16(2)20-14-21/h8-14H,1,3-7H2,2H3/b19-12+. The minimum Gasteiger partial charge on any atom is -0.306 e. The van der Waals surface area contributed by atoms with Crippen molar-refractivity contribution in [3.05, 3.63) is 65.6 Å². The molecule has 1 aliphatic rings. The summed E-state index contributed by atoms with van der Waals surface area (Å²) in [7, 11) is 0. The number of rotatable bonds is 3. The molecule has 0 aliphatic heterocycles. The number of aromatic nitrogens is 2. The number of hydrogen-bond acceptors (Lipinski definition) is 2. The second-order valence-electron chi connectivity index (χ2n) is 5.85. The van der Waals surface area contributed by atoms with E-state index in [1.807, 2.05) is 31.2 Å². The van der Waals surface area contributed by atoms with Crippen molar-refractivity contribution >= 4 is 11.8 Å². The highest BCUT2D eigenvalue weighted by atomic mass is 32.2. The first-order valence-corrected chi connectivity index (χ1v) is 8.69. The van der Waals surface area contributed by atoms with E-state index in [0.29, 0.717) is 0 Å². The van der Waals surface area contributed by atoms with Crippen LogP contribution in [0.1, 0.15) is 37.8 Å². The Morgan fingerprint density at radius 3 is 2.59 bits per heavy atom. The van der Waals surface area contributed by atoms with Crippen LogP contribution in [0.4, 0.5) is 0 Å². The molecule has 0 unspecified atom stereocenters. The van der Waals surface area contributed by atoms with Crippen molar-refractivity contribution in [2.45, 2.75) is 43.9 Å². The van der Waals surface area contributed by atoms with Gasteiger partial charge in [-0.05, 0) is 67.9 Å². The number of nitrogens with zero attached hydrogens (tertiary/aromatic N) is 2. The fourth-order valence-electron chi connectivity index (χ4n) is 2.68. The van der Waals surface area contributed by atoms with Gasteiger partial charge in [0.1, 0.15) is 0 Å². The normalized spacial score (nSPS) is 18.4. The number of aryl methyl sites for hydroxylation is 1. The maximum Gasteiger partial charge on any atom is 0.0995 e. The summed E-state index contributed by atoms with van der Waals surface area (Å²) >= 11 is 1.88. The molecule has 3 rings (SSSR count). The van der Waals surface area contributed by atoms with Gasteiger partial charge >= 0.3 is 0 Å². The second kappa shape index (κ2) is 7.01. The second-order valence-corrected chi connectivity index (χ2v) is 7.05. The van der Waals surface area contributed by atoms with Crippen LogP contribution in [0.3, 0.4) is 0 Å². The monoisotopic (exact) mass is 310 g/mol. The lowest BCUT2D eigenvalue weighted by Crippen LogP contribution is -1.91. The van der Waals surface area contributed by atoms with Crippen molar-refractivity contribution in [1.82, 2.24) is 9.55 Å². The van der Waals surface area contributed by atoms with Gasteiger partial charge in [0, 0.05) is 16.8 Å². The lowest BCUT2D eigenvalue weighted by Gasteiger charge is -2.12. The van der Waals surface area contributed by atoms with Crippen molar-refractivity contribution in [3.8, 4) is 5.69 Å². The summed E-state index contributed by atoms with van der Waals surface area (Å²) in [4.78, 5) is 7.01. The third-order valence-corrected chi connectivity index (χ3v) is 4.97. The molecule has 2 nitrogen and oxygen atoms in total. The van der Waals surface area contributed by atoms with Gasteiger partial charge in [-0.15, -0.1) is 0 Å². The topological polar surface area (TPSA) is 17.8 Å². The van der Waals surface area contributed by atoms with Crippen LogP contribution in [0.2, 0.25) is 0 Å². The zero-order valence-corrected chi connectivity index (χ0v) is 13.9. The lowest BCUT2D eigenvalue weighted by molar-refractivity contribution is 0.676. The van der Waals surface area contributed by atoms with Gasteiger partial charge in [0.2, 0.25) is 0 Å². The number of imidazole rings is 1. The Bertz CT molecular complexity index is 680. The largest absolute Gasteiger partial charge is 0.306 e. The van der Waals surface area contributed by atoms with Crippen molar-refractivity contribution in [1.29, 1.82) is 0 Å². The smallest absolute Gasteiger partial charge is 0.0995 e. The van der Waals surface area contributed by atoms with Gasteiger partial charge in [0.25, 0.3) is 0 Å². The average molecular weight is 310 g/mol. The van der Waals surface area contributed by atoms with Crippen molar-refractivity contribution in [2.75, 3.05) is 0 Å². The average Bonchev–Trinajstić information content (AvgIpc) is 2.92. The maximum absolute atomic E-state index is 4.28. The molecule has 0 spiro atoms. The van der Waals surface area contributed by atoms with Crippen molar-refractivity contribution in [2.24, 2.45) is 0 Å². The zero-order valence-electron chi connectivity index (χ0n) is 13.1. The molecule has 114 valence electrons. The molecule has 0 atom stereocenters. The minimum absolute atomic E-state index is 1.04. The first-order valence-electron chi connectivity index (χ1n) is 7.88. The van der Waals surface area contributed by atoms with E-state index in [9.17, 15) is 0 Å². The molecule has 0 bridgehead atoms. The third kappa shape index (κ3) is 3.92. The van der Waals surface area contributed by atoms with Gasteiger partial charge < -0.3 is 4.57 Å². The fraction of sp³-hybridized carbons (Fsp3) is 0.316. The molecule has 1 aliphatic carbocycles. The molecule has 0 radical (unpaired) electrons. The summed E-state index contributed by atoms with van der Waals surface area (Å²) in [6, 6.07) is 8.69. The first-order chi connectivity index (χ1) is 10.7. The number of hydrogen-bond donors (Lipinski definition) is 0. The Morgan fingerprint density at radius 1 is 1.09 bits per heavy atom. The van der Waals surface area contributed by atoms with E-state index < -0.39 is 0 Å². The van der Waals surface area contributed by atoms with E-state index in [1.165, 1.54) is 41.1 Å². The van der Waals surface area contributed by atoms with E-state index in [4.69, 9.17) is 0 Å². The number of thioether (sulfide) groups is 1. The van der Waals surface area contributed by atoms with E-state index in [1.54, 1.807) is 0 Å². The van der Waals surface area contributed by atoms with E-state index in [0.717, 1.165) is 17.8 Å². The maximum atomic E-state index is 4.28. The molecule has 2 aromatic rings. The SMILES string of the molecule is C=C1/C=C(/Sc2ccc(-n3cnc(C)c3)cc2)CCCCC1. The predicted molar refractivity (Wildman–Crippen MR) is 94.5 cm³/mol. The summed E-state index contributed by atoms with van der Waals surface area (Å²) in [5.41, 5.74) is 3.46. The van der Waals surface area contributed by atoms with Crippen LogP contribution in [0.15, 0.2) is 64.8 Å². The molecule has 22 heavy (non-hydrogen) atoms. The Labute approximate surface area is 137 Å². The summed E-state index contributed by atoms with van der Waals surface area (Å²) < 4.78 is 2.06. The van der Waals surface area contributed by atoms with Crippen molar-refractivity contribution in [3.63, 3.8) is 0 Å². The van der Waals surface area contributed by atoms with E-state index in [2.05, 4.69) is 46.5 Å². The summed E-state index contributed by atoms with van der Waals surface area (Å²) in [5.74, 6) is 0. The predicted octanol–water partition coefficient (Wildman–Crippen LogP) is 5.68. The first kappa shape index (κ1) is 15.2. The molecule has 1 aromatic carbocycles. The van der Waals surface area contributed by atoms with Gasteiger partial charge in [0.15, 0.2) is 0 Å². The van der Waals surface area contributed by atoms with Crippen LogP contribution in [0, 0.1) is 6.92 Å². The fourth-order valence-corrected chi connectivity index (χ4v) is 3.73. The molecule has 0 amide bonds. The van der Waals surface area contributed by atoms with Gasteiger partial charge in [-0.1, -0.05) is 30.3 Å². The Hall–Kier alpha value is -1.74. The quantitative estimate of drug-likeness (QED) is 0.726. The molecule has 0 fully saturated rings. The molecule has 1 heterocycles. The van der Waals surface area contributed by atoms with Gasteiger partial charge in [-0.25, -0.2) is 4.98 Å². The molecule has 0 saturated heterocycles. The lowest BCUT2D eigenvalue weighted by atomic mass is 10.0. The van der Waals surface area contributed by atoms with Crippen LogP contribution in [-0.4, -0.2) is 9.55 Å². The van der Waals surface area contributed by atoms with Crippen LogP contribution in [0.5, 0.6) is 0 Å². The van der Waals surface area contributed by atoms with Crippen LogP contribution >= 0.6 is 11.8 Å². The molecule has 3 heteroatoms. The third-order valence-electron chi connectivity index (χ3n) is 3.88. The summed E-state index contributed by atoms with van der Waals surface area (Å²) in [5, 5.41) is 0. The highest BCUT2D eigenvalue weighted by molar-refractivity contribution is 8.03. The Balaban J connectivity index is 1.72. The number of allylic oxidation sites excluding steroid dienone is 3. The summed E-state index contributed by atoms with van der Waals surface area (Å²) in [6.07, 6.45) is 12.4. The van der Waals surface area contributed by atoms with Crippen LogP contribution in [0.25, 0.3) is 5.69 Å². The highest BCUT2D eigenvalue weighted by Crippen LogP contribution is 2.33. The van der Waals surface area contributed by atoms with Gasteiger partial charge in [-0.3, -0.25) is 0 Å². The van der Waals surface area contributed by atoms with Crippen LogP contribution in [-0.2, 0) is 0 Å². The number of benzene rings is 1. The molecular weight excluding hydrogens is 288 g/mol. The Morgan fingerprint density at radius 2 is 1.86 bits per heavy atom. The van der Waals surface area contributed by atoms with Crippen LogP contribution < -0.4 is 0 Å². The molecule has 0 N–H and O–H groups in total. The van der Waals surface area contributed by atoms with Crippen molar-refractivity contribution < 1.29 is 0 Å².